The molecule has 0 aliphatic carbocycles. The molecule has 1 N–H and O–H groups in total. The van der Waals surface area contributed by atoms with Crippen LogP contribution in [0.2, 0.25) is 0 Å². The zero-order chi connectivity index (χ0) is 21.3. The molecule has 0 radical (unpaired) electrons. The minimum atomic E-state index is -0.131. The molecule has 1 fully saturated rings. The van der Waals surface area contributed by atoms with Gasteiger partial charge < -0.3 is 19.7 Å². The van der Waals surface area contributed by atoms with Crippen molar-refractivity contribution >= 4 is 11.8 Å². The van der Waals surface area contributed by atoms with Gasteiger partial charge in [-0.15, -0.1) is 0 Å². The van der Waals surface area contributed by atoms with E-state index in [1.807, 2.05) is 55.5 Å². The monoisotopic (exact) mass is 410 g/mol. The number of nitrogens with zero attached hydrogens (tertiary/aromatic N) is 1. The maximum absolute atomic E-state index is 12.4. The third-order valence-electron chi connectivity index (χ3n) is 5.31. The summed E-state index contributed by atoms with van der Waals surface area (Å²) >= 11 is 0. The van der Waals surface area contributed by atoms with Crippen LogP contribution < -0.4 is 14.8 Å². The van der Waals surface area contributed by atoms with Crippen LogP contribution in [-0.4, -0.2) is 49.1 Å². The minimum Gasteiger partial charge on any atom is -0.484 e. The molecular weight excluding hydrogens is 380 g/mol. The number of hydrogen-bond donors (Lipinski definition) is 1. The van der Waals surface area contributed by atoms with Crippen LogP contribution in [0.4, 0.5) is 0 Å². The first-order valence-corrected chi connectivity index (χ1v) is 10.5. The van der Waals surface area contributed by atoms with Crippen molar-refractivity contribution in [3.05, 3.63) is 59.7 Å². The summed E-state index contributed by atoms with van der Waals surface area (Å²) in [6, 6.07) is 15.5. The van der Waals surface area contributed by atoms with Gasteiger partial charge in [-0.3, -0.25) is 9.59 Å². The van der Waals surface area contributed by atoms with Crippen molar-refractivity contribution in [3.8, 4) is 11.5 Å². The standard InChI is InChI=1S/C24H30N2O4/c1-3-19-6-4-5-7-22(19)30-16-23(27)25-20-12-14-26(15-13-20)24(28)17-29-21-10-8-18(2)9-11-21/h4-11,20H,3,12-17H2,1-2H3,(H,25,27). The maximum Gasteiger partial charge on any atom is 0.260 e. The Morgan fingerprint density at radius 2 is 1.70 bits per heavy atom. The normalized spacial score (nSPS) is 14.3. The van der Waals surface area contributed by atoms with Crippen molar-refractivity contribution in [2.75, 3.05) is 26.3 Å². The fourth-order valence-electron chi connectivity index (χ4n) is 3.49. The average molecular weight is 411 g/mol. The molecule has 0 spiro atoms. The zero-order valence-electron chi connectivity index (χ0n) is 17.7. The van der Waals surface area contributed by atoms with Gasteiger partial charge in [-0.2, -0.15) is 0 Å². The van der Waals surface area contributed by atoms with Crippen LogP contribution >= 0.6 is 0 Å². The fraction of sp³-hybridized carbons (Fsp3) is 0.417. The largest absolute Gasteiger partial charge is 0.484 e. The molecule has 1 heterocycles. The Morgan fingerprint density at radius 3 is 2.40 bits per heavy atom. The van der Waals surface area contributed by atoms with E-state index in [2.05, 4.69) is 12.2 Å². The van der Waals surface area contributed by atoms with Crippen molar-refractivity contribution < 1.29 is 19.1 Å². The molecule has 6 nitrogen and oxygen atoms in total. The van der Waals surface area contributed by atoms with Crippen molar-refractivity contribution in [2.45, 2.75) is 39.2 Å². The molecule has 3 rings (SSSR count). The number of ether oxygens (including phenoxy) is 2. The van der Waals surface area contributed by atoms with Crippen LogP contribution in [0.25, 0.3) is 0 Å². The van der Waals surface area contributed by atoms with Gasteiger partial charge in [0.15, 0.2) is 13.2 Å². The van der Waals surface area contributed by atoms with Gasteiger partial charge in [0, 0.05) is 19.1 Å². The summed E-state index contributed by atoms with van der Waals surface area (Å²) < 4.78 is 11.3. The van der Waals surface area contributed by atoms with E-state index >= 15 is 0 Å². The van der Waals surface area contributed by atoms with Gasteiger partial charge in [-0.25, -0.2) is 0 Å². The molecule has 30 heavy (non-hydrogen) atoms. The molecule has 1 aliphatic rings. The summed E-state index contributed by atoms with van der Waals surface area (Å²) in [6.07, 6.45) is 2.32. The number of benzene rings is 2. The lowest BCUT2D eigenvalue weighted by Crippen LogP contribution is -2.48. The van der Waals surface area contributed by atoms with E-state index in [9.17, 15) is 9.59 Å². The molecule has 0 atom stereocenters. The van der Waals surface area contributed by atoms with E-state index in [1.165, 1.54) is 0 Å². The van der Waals surface area contributed by atoms with Crippen LogP contribution in [-0.2, 0) is 16.0 Å². The number of hydrogen-bond acceptors (Lipinski definition) is 4. The van der Waals surface area contributed by atoms with Gasteiger partial charge >= 0.3 is 0 Å². The topological polar surface area (TPSA) is 67.9 Å². The Kier molecular flexibility index (Phi) is 7.71. The number of para-hydroxylation sites is 1. The second kappa shape index (κ2) is 10.7. The molecule has 2 aromatic carbocycles. The van der Waals surface area contributed by atoms with E-state index in [0.717, 1.165) is 36.1 Å². The van der Waals surface area contributed by atoms with Crippen molar-refractivity contribution in [2.24, 2.45) is 0 Å². The minimum absolute atomic E-state index is 0.000544. The molecule has 0 bridgehead atoms. The summed E-state index contributed by atoms with van der Waals surface area (Å²) in [6.45, 7) is 5.32. The van der Waals surface area contributed by atoms with Gasteiger partial charge in [0.2, 0.25) is 0 Å². The van der Waals surface area contributed by atoms with Gasteiger partial charge in [-0.1, -0.05) is 42.8 Å². The molecule has 0 saturated carbocycles. The van der Waals surface area contributed by atoms with E-state index in [0.29, 0.717) is 18.8 Å². The van der Waals surface area contributed by atoms with Crippen molar-refractivity contribution in [3.63, 3.8) is 0 Å². The summed E-state index contributed by atoms with van der Waals surface area (Å²) in [5.41, 5.74) is 2.24. The van der Waals surface area contributed by atoms with E-state index in [4.69, 9.17) is 9.47 Å². The molecular formula is C24H30N2O4. The number of nitrogens with one attached hydrogen (secondary N) is 1. The van der Waals surface area contributed by atoms with Gasteiger partial charge in [0.1, 0.15) is 11.5 Å². The van der Waals surface area contributed by atoms with Crippen LogP contribution in [0.5, 0.6) is 11.5 Å². The van der Waals surface area contributed by atoms with E-state index < -0.39 is 0 Å². The SMILES string of the molecule is CCc1ccccc1OCC(=O)NC1CCN(C(=O)COc2ccc(C)cc2)CC1. The molecule has 2 amide bonds. The Bertz CT molecular complexity index is 843. The first kappa shape index (κ1) is 21.7. The second-order valence-corrected chi connectivity index (χ2v) is 7.57. The molecule has 160 valence electrons. The first-order chi connectivity index (χ1) is 14.5. The highest BCUT2D eigenvalue weighted by Crippen LogP contribution is 2.18. The molecule has 2 aromatic rings. The third-order valence-corrected chi connectivity index (χ3v) is 5.31. The number of carbonyl (C=O) groups is 2. The molecule has 0 aromatic heterocycles. The van der Waals surface area contributed by atoms with Gasteiger partial charge in [0.05, 0.1) is 0 Å². The number of likely N-dealkylation sites (tertiary alicyclic amines) is 1. The number of carbonyl (C=O) groups excluding carboxylic acids is 2. The van der Waals surface area contributed by atoms with Crippen LogP contribution in [0, 0.1) is 6.92 Å². The lowest BCUT2D eigenvalue weighted by Gasteiger charge is -2.32. The zero-order valence-corrected chi connectivity index (χ0v) is 17.7. The Morgan fingerprint density at radius 1 is 1.00 bits per heavy atom. The maximum atomic E-state index is 12.4. The molecule has 0 unspecified atom stereocenters. The Balaban J connectivity index is 1.36. The highest BCUT2D eigenvalue weighted by atomic mass is 16.5. The van der Waals surface area contributed by atoms with Crippen molar-refractivity contribution in [1.29, 1.82) is 0 Å². The summed E-state index contributed by atoms with van der Waals surface area (Å²) in [4.78, 5) is 26.4. The van der Waals surface area contributed by atoms with Crippen LogP contribution in [0.3, 0.4) is 0 Å². The van der Waals surface area contributed by atoms with Crippen LogP contribution in [0.1, 0.15) is 30.9 Å². The van der Waals surface area contributed by atoms with E-state index in [-0.39, 0.29) is 31.1 Å². The fourth-order valence-corrected chi connectivity index (χ4v) is 3.49. The quantitative estimate of drug-likeness (QED) is 0.726. The van der Waals surface area contributed by atoms with Crippen molar-refractivity contribution in [1.82, 2.24) is 10.2 Å². The molecule has 1 aliphatic heterocycles. The Hall–Kier alpha value is -3.02. The number of amides is 2. The van der Waals surface area contributed by atoms with Gasteiger partial charge in [0.25, 0.3) is 11.8 Å². The lowest BCUT2D eigenvalue weighted by atomic mass is 10.1. The average Bonchev–Trinajstić information content (AvgIpc) is 2.77. The first-order valence-electron chi connectivity index (χ1n) is 10.5. The molecule has 6 heteroatoms. The summed E-state index contributed by atoms with van der Waals surface area (Å²) in [5.74, 6) is 1.29. The molecule has 1 saturated heterocycles. The summed E-state index contributed by atoms with van der Waals surface area (Å²) in [7, 11) is 0. The number of piperidine rings is 1. The number of rotatable bonds is 8. The third kappa shape index (κ3) is 6.24. The van der Waals surface area contributed by atoms with Crippen LogP contribution in [0.15, 0.2) is 48.5 Å². The Labute approximate surface area is 178 Å². The lowest BCUT2D eigenvalue weighted by molar-refractivity contribution is -0.134. The highest BCUT2D eigenvalue weighted by Gasteiger charge is 2.24. The summed E-state index contributed by atoms with van der Waals surface area (Å²) in [5, 5.41) is 3.02. The number of aryl methyl sites for hydroxylation is 2. The predicted molar refractivity (Wildman–Crippen MR) is 116 cm³/mol. The van der Waals surface area contributed by atoms with Gasteiger partial charge in [-0.05, 0) is 49.9 Å². The van der Waals surface area contributed by atoms with E-state index in [1.54, 1.807) is 4.90 Å². The predicted octanol–water partition coefficient (Wildman–Crippen LogP) is 3.12. The highest BCUT2D eigenvalue weighted by molar-refractivity contribution is 5.79. The second-order valence-electron chi connectivity index (χ2n) is 7.57. The smallest absolute Gasteiger partial charge is 0.260 e.